The number of amides is 1. The Labute approximate surface area is 152 Å². The van der Waals surface area contributed by atoms with Crippen LogP contribution in [0.5, 0.6) is 0 Å². The minimum Gasteiger partial charge on any atom is -0.378 e. The Morgan fingerprint density at radius 3 is 2.69 bits per heavy atom. The molecule has 0 saturated heterocycles. The van der Waals surface area contributed by atoms with Gasteiger partial charge in [0.05, 0.1) is 13.2 Å². The predicted molar refractivity (Wildman–Crippen MR) is 104 cm³/mol. The van der Waals surface area contributed by atoms with Crippen molar-refractivity contribution < 1.29 is 9.53 Å². The molecule has 1 amide bonds. The maximum Gasteiger partial charge on any atom is 0.267 e. The van der Waals surface area contributed by atoms with Crippen molar-refractivity contribution in [2.75, 3.05) is 26.3 Å². The van der Waals surface area contributed by atoms with Gasteiger partial charge in [0.25, 0.3) is 5.91 Å². The molecule has 2 aromatic carbocycles. The second-order valence-corrected chi connectivity index (χ2v) is 6.18. The third-order valence-electron chi connectivity index (χ3n) is 4.09. The van der Waals surface area contributed by atoms with E-state index in [1.807, 2.05) is 36.4 Å². The summed E-state index contributed by atoms with van der Waals surface area (Å²) in [6.07, 6.45) is 0. The summed E-state index contributed by atoms with van der Waals surface area (Å²) in [5.41, 5.74) is 14.9. The smallest absolute Gasteiger partial charge is 0.267 e. The van der Waals surface area contributed by atoms with E-state index in [1.54, 1.807) is 0 Å². The van der Waals surface area contributed by atoms with E-state index in [0.29, 0.717) is 32.0 Å². The number of hydrogen-bond donors (Lipinski definition) is 4. The third-order valence-corrected chi connectivity index (χ3v) is 4.09. The van der Waals surface area contributed by atoms with Crippen LogP contribution in [0.2, 0.25) is 0 Å². The van der Waals surface area contributed by atoms with Crippen LogP contribution in [0.3, 0.4) is 0 Å². The molecule has 0 radical (unpaired) electrons. The molecular formula is C20H24N4O2. The molecule has 0 unspecified atom stereocenters. The normalized spacial score (nSPS) is 12.2. The van der Waals surface area contributed by atoms with E-state index in [2.05, 4.69) is 28.5 Å². The fraction of sp³-hybridized carbons (Fsp3) is 0.250. The second-order valence-electron chi connectivity index (χ2n) is 6.18. The van der Waals surface area contributed by atoms with E-state index in [-0.39, 0.29) is 11.9 Å². The quantitative estimate of drug-likeness (QED) is 0.464. The first-order valence-corrected chi connectivity index (χ1v) is 8.67. The van der Waals surface area contributed by atoms with Crippen LogP contribution in [0.15, 0.2) is 54.6 Å². The summed E-state index contributed by atoms with van der Waals surface area (Å²) >= 11 is 0. The molecule has 6 N–H and O–H groups in total. The maximum atomic E-state index is 12.3. The minimum atomic E-state index is -0.264. The molecule has 1 atom stereocenters. The summed E-state index contributed by atoms with van der Waals surface area (Å²) in [7, 11) is 0. The summed E-state index contributed by atoms with van der Waals surface area (Å²) in [5.74, 6) is -0.184. The lowest BCUT2D eigenvalue weighted by atomic mass is 10.0. The molecule has 6 nitrogen and oxygen atoms in total. The average Bonchev–Trinajstić information content (AvgIpc) is 3.10. The summed E-state index contributed by atoms with van der Waals surface area (Å²) in [4.78, 5) is 15.5. The van der Waals surface area contributed by atoms with Crippen LogP contribution in [0, 0.1) is 0 Å². The lowest BCUT2D eigenvalue weighted by molar-refractivity contribution is 0.0929. The zero-order valence-corrected chi connectivity index (χ0v) is 14.6. The summed E-state index contributed by atoms with van der Waals surface area (Å²) in [5, 5.41) is 3.82. The molecule has 1 heterocycles. The van der Waals surface area contributed by atoms with Crippen LogP contribution in [-0.2, 0) is 4.74 Å². The number of ether oxygens (including phenoxy) is 1. The van der Waals surface area contributed by atoms with Gasteiger partial charge >= 0.3 is 0 Å². The number of fused-ring (bicyclic) bond motifs is 1. The van der Waals surface area contributed by atoms with Crippen molar-refractivity contribution in [3.8, 4) is 11.1 Å². The number of nitrogens with one attached hydrogen (secondary N) is 2. The number of hydrogen-bond acceptors (Lipinski definition) is 4. The number of rotatable bonds is 8. The topological polar surface area (TPSA) is 106 Å². The number of carbonyl (C=O) groups excluding carboxylic acids is 1. The molecule has 0 saturated carbocycles. The standard InChI is InChI=1S/C20H24N4O2/c21-8-9-26-13-17(22)12-23-20(25)19-11-16-7-6-15(10-18(16)24-19)14-4-2-1-3-5-14/h1-7,10-11,17,24H,8-9,12-13,21-22H2,(H,23,25)/t17-/m1/s1. The zero-order valence-electron chi connectivity index (χ0n) is 14.6. The van der Waals surface area contributed by atoms with Crippen LogP contribution in [0.25, 0.3) is 22.0 Å². The van der Waals surface area contributed by atoms with Crippen molar-refractivity contribution >= 4 is 16.8 Å². The van der Waals surface area contributed by atoms with Gasteiger partial charge in [-0.3, -0.25) is 4.79 Å². The van der Waals surface area contributed by atoms with E-state index in [0.717, 1.165) is 22.0 Å². The van der Waals surface area contributed by atoms with Gasteiger partial charge in [0.1, 0.15) is 5.69 Å². The highest BCUT2D eigenvalue weighted by Gasteiger charge is 2.12. The molecule has 0 aliphatic heterocycles. The molecule has 0 fully saturated rings. The molecule has 26 heavy (non-hydrogen) atoms. The Morgan fingerprint density at radius 1 is 1.12 bits per heavy atom. The van der Waals surface area contributed by atoms with E-state index >= 15 is 0 Å². The van der Waals surface area contributed by atoms with Gasteiger partial charge < -0.3 is 26.5 Å². The van der Waals surface area contributed by atoms with Gasteiger partial charge in [-0.05, 0) is 23.3 Å². The highest BCUT2D eigenvalue weighted by atomic mass is 16.5. The number of aromatic amines is 1. The molecule has 3 rings (SSSR count). The fourth-order valence-electron chi connectivity index (χ4n) is 2.76. The fourth-order valence-corrected chi connectivity index (χ4v) is 2.76. The van der Waals surface area contributed by atoms with E-state index in [9.17, 15) is 4.79 Å². The monoisotopic (exact) mass is 352 g/mol. The van der Waals surface area contributed by atoms with Gasteiger partial charge in [-0.1, -0.05) is 42.5 Å². The first-order chi connectivity index (χ1) is 12.7. The molecule has 136 valence electrons. The van der Waals surface area contributed by atoms with Crippen molar-refractivity contribution in [1.29, 1.82) is 0 Å². The first-order valence-electron chi connectivity index (χ1n) is 8.67. The Balaban J connectivity index is 1.66. The minimum absolute atomic E-state index is 0.184. The van der Waals surface area contributed by atoms with Crippen LogP contribution in [0.1, 0.15) is 10.5 Å². The molecule has 0 spiro atoms. The number of aromatic nitrogens is 1. The zero-order chi connectivity index (χ0) is 18.4. The van der Waals surface area contributed by atoms with Crippen molar-refractivity contribution in [1.82, 2.24) is 10.3 Å². The van der Waals surface area contributed by atoms with E-state index in [4.69, 9.17) is 16.2 Å². The van der Waals surface area contributed by atoms with Crippen molar-refractivity contribution in [2.45, 2.75) is 6.04 Å². The predicted octanol–water partition coefficient (Wildman–Crippen LogP) is 1.87. The Kier molecular flexibility index (Phi) is 6.01. The lowest BCUT2D eigenvalue weighted by Gasteiger charge is -2.12. The van der Waals surface area contributed by atoms with Crippen LogP contribution >= 0.6 is 0 Å². The van der Waals surface area contributed by atoms with Crippen LogP contribution in [0.4, 0.5) is 0 Å². The average molecular weight is 352 g/mol. The van der Waals surface area contributed by atoms with Crippen LogP contribution < -0.4 is 16.8 Å². The number of nitrogens with two attached hydrogens (primary N) is 2. The van der Waals surface area contributed by atoms with Gasteiger partial charge in [-0.15, -0.1) is 0 Å². The molecule has 0 aliphatic carbocycles. The first kappa shape index (κ1) is 18.1. The maximum absolute atomic E-state index is 12.3. The number of benzene rings is 2. The largest absolute Gasteiger partial charge is 0.378 e. The molecule has 0 aliphatic rings. The Morgan fingerprint density at radius 2 is 1.92 bits per heavy atom. The number of carbonyl (C=O) groups is 1. The molecule has 0 bridgehead atoms. The molecule has 1 aromatic heterocycles. The summed E-state index contributed by atoms with van der Waals surface area (Å²) in [6, 6.07) is 17.8. The Hall–Kier alpha value is -2.67. The van der Waals surface area contributed by atoms with Crippen molar-refractivity contribution in [2.24, 2.45) is 11.5 Å². The van der Waals surface area contributed by atoms with Crippen molar-refractivity contribution in [3.05, 3.63) is 60.3 Å². The van der Waals surface area contributed by atoms with Gasteiger partial charge in [-0.25, -0.2) is 0 Å². The highest BCUT2D eigenvalue weighted by molar-refractivity contribution is 5.98. The number of H-pyrrole nitrogens is 1. The van der Waals surface area contributed by atoms with Gasteiger partial charge in [-0.2, -0.15) is 0 Å². The van der Waals surface area contributed by atoms with Gasteiger partial charge in [0, 0.05) is 30.0 Å². The van der Waals surface area contributed by atoms with Gasteiger partial charge in [0.15, 0.2) is 0 Å². The van der Waals surface area contributed by atoms with Crippen LogP contribution in [-0.4, -0.2) is 43.2 Å². The molecule has 3 aromatic rings. The third kappa shape index (κ3) is 4.49. The molecular weight excluding hydrogens is 328 g/mol. The lowest BCUT2D eigenvalue weighted by Crippen LogP contribution is -2.40. The SMILES string of the molecule is NCCOC[C@H](N)CNC(=O)c1cc2ccc(-c3ccccc3)cc2[nH]1. The second kappa shape index (κ2) is 8.62. The summed E-state index contributed by atoms with van der Waals surface area (Å²) < 4.78 is 5.28. The summed E-state index contributed by atoms with van der Waals surface area (Å²) in [6.45, 7) is 1.63. The van der Waals surface area contributed by atoms with E-state index < -0.39 is 0 Å². The van der Waals surface area contributed by atoms with E-state index in [1.165, 1.54) is 0 Å². The van der Waals surface area contributed by atoms with Crippen molar-refractivity contribution in [3.63, 3.8) is 0 Å². The van der Waals surface area contributed by atoms with Gasteiger partial charge in [0.2, 0.25) is 0 Å². The Bertz CT molecular complexity index is 861. The highest BCUT2D eigenvalue weighted by Crippen LogP contribution is 2.24. The molecule has 6 heteroatoms.